The van der Waals surface area contributed by atoms with E-state index in [4.69, 9.17) is 4.74 Å². The second-order valence-electron chi connectivity index (χ2n) is 6.73. The molecule has 0 radical (unpaired) electrons. The van der Waals surface area contributed by atoms with E-state index in [1.807, 2.05) is 0 Å². The van der Waals surface area contributed by atoms with Crippen LogP contribution >= 0.6 is 0 Å². The summed E-state index contributed by atoms with van der Waals surface area (Å²) in [4.78, 5) is 12.0. The van der Waals surface area contributed by atoms with Crippen LogP contribution in [-0.2, 0) is 9.53 Å². The zero-order valence-electron chi connectivity index (χ0n) is 11.8. The van der Waals surface area contributed by atoms with E-state index in [-0.39, 0.29) is 11.6 Å². The minimum atomic E-state index is -0.214. The summed E-state index contributed by atoms with van der Waals surface area (Å²) in [5, 5.41) is 0. The van der Waals surface area contributed by atoms with Crippen molar-refractivity contribution in [2.24, 2.45) is 17.8 Å². The van der Waals surface area contributed by atoms with Gasteiger partial charge in [-0.3, -0.25) is 0 Å². The van der Waals surface area contributed by atoms with E-state index in [0.29, 0.717) is 11.8 Å². The fourth-order valence-corrected chi connectivity index (χ4v) is 3.93. The van der Waals surface area contributed by atoms with Gasteiger partial charge in [-0.05, 0) is 63.2 Å². The van der Waals surface area contributed by atoms with Crippen molar-refractivity contribution in [3.63, 3.8) is 0 Å². The fraction of sp³-hybridized carbons (Fsp3) is 0.706. The van der Waals surface area contributed by atoms with E-state index in [2.05, 4.69) is 25.2 Å². The lowest BCUT2D eigenvalue weighted by Gasteiger charge is -2.32. The first-order valence-electron chi connectivity index (χ1n) is 7.74. The number of ether oxygens (including phenoxy) is 1. The molecule has 2 heteroatoms. The summed E-state index contributed by atoms with van der Waals surface area (Å²) in [5.74, 6) is 1.84. The molecule has 3 unspecified atom stereocenters. The smallest absolute Gasteiger partial charge is 0.330 e. The molecular formula is C17H24O2. The number of esters is 1. The van der Waals surface area contributed by atoms with Gasteiger partial charge in [-0.2, -0.15) is 0 Å². The maximum atomic E-state index is 12.0. The van der Waals surface area contributed by atoms with E-state index in [9.17, 15) is 4.79 Å². The monoisotopic (exact) mass is 260 g/mol. The fourth-order valence-electron chi connectivity index (χ4n) is 3.93. The van der Waals surface area contributed by atoms with E-state index in [1.54, 1.807) is 6.08 Å². The van der Waals surface area contributed by atoms with E-state index < -0.39 is 0 Å². The van der Waals surface area contributed by atoms with Gasteiger partial charge < -0.3 is 4.74 Å². The van der Waals surface area contributed by atoms with Crippen molar-refractivity contribution in [2.45, 2.75) is 57.5 Å². The Bertz CT molecular complexity index is 401. The highest BCUT2D eigenvalue weighted by atomic mass is 16.6. The van der Waals surface area contributed by atoms with Crippen molar-refractivity contribution in [3.8, 4) is 0 Å². The Balaban J connectivity index is 1.52. The molecule has 0 N–H and O–H groups in total. The summed E-state index contributed by atoms with van der Waals surface area (Å²) in [5.41, 5.74) is -0.214. The van der Waals surface area contributed by atoms with Crippen molar-refractivity contribution in [3.05, 3.63) is 24.3 Å². The van der Waals surface area contributed by atoms with Gasteiger partial charge in [-0.25, -0.2) is 4.79 Å². The van der Waals surface area contributed by atoms with Crippen LogP contribution in [0.15, 0.2) is 24.3 Å². The average Bonchev–Trinajstić information content (AvgIpc) is 2.99. The number of carbonyl (C=O) groups is 1. The summed E-state index contributed by atoms with van der Waals surface area (Å²) in [6.45, 7) is 2.08. The molecule has 0 aromatic heterocycles. The molecule has 2 bridgehead atoms. The quantitative estimate of drug-likeness (QED) is 0.435. The molecule has 19 heavy (non-hydrogen) atoms. The maximum absolute atomic E-state index is 12.0. The van der Waals surface area contributed by atoms with Crippen LogP contribution in [0.2, 0.25) is 0 Å². The molecule has 0 heterocycles. The van der Waals surface area contributed by atoms with Gasteiger partial charge >= 0.3 is 5.97 Å². The highest BCUT2D eigenvalue weighted by Crippen LogP contribution is 2.44. The van der Waals surface area contributed by atoms with Gasteiger partial charge in [0.25, 0.3) is 0 Å². The molecule has 3 aliphatic rings. The van der Waals surface area contributed by atoms with Crippen LogP contribution in [0.25, 0.3) is 0 Å². The minimum Gasteiger partial charge on any atom is -0.456 e. The van der Waals surface area contributed by atoms with E-state index in [1.165, 1.54) is 32.1 Å². The molecule has 2 nitrogen and oxygen atoms in total. The Morgan fingerprint density at radius 2 is 2.00 bits per heavy atom. The van der Waals surface area contributed by atoms with Crippen molar-refractivity contribution < 1.29 is 9.53 Å². The molecule has 0 spiro atoms. The normalized spacial score (nSPS) is 35.9. The van der Waals surface area contributed by atoms with Gasteiger partial charge in [0.2, 0.25) is 0 Å². The lowest BCUT2D eigenvalue weighted by Crippen LogP contribution is -2.33. The number of hydrogen-bond donors (Lipinski definition) is 0. The summed E-state index contributed by atoms with van der Waals surface area (Å²) < 4.78 is 5.67. The number of rotatable bonds is 3. The molecule has 2 saturated carbocycles. The summed E-state index contributed by atoms with van der Waals surface area (Å²) in [7, 11) is 0. The molecule has 3 atom stereocenters. The first-order chi connectivity index (χ1) is 9.15. The second kappa shape index (κ2) is 5.15. The topological polar surface area (TPSA) is 26.3 Å². The Kier molecular flexibility index (Phi) is 3.51. The third-order valence-electron chi connectivity index (χ3n) is 5.07. The van der Waals surface area contributed by atoms with Gasteiger partial charge in [-0.15, -0.1) is 0 Å². The highest BCUT2D eigenvalue weighted by molar-refractivity contribution is 5.82. The third kappa shape index (κ3) is 2.93. The summed E-state index contributed by atoms with van der Waals surface area (Å²) in [6.07, 6.45) is 16.6. The zero-order chi connectivity index (χ0) is 13.3. The zero-order valence-corrected chi connectivity index (χ0v) is 11.8. The van der Waals surface area contributed by atoms with Gasteiger partial charge in [0.05, 0.1) is 0 Å². The SMILES string of the molecule is CC1(OC(=O)C=CC2CC3C=CC2C3)CCCCC1. The number of allylic oxidation sites excluding steroid dienone is 3. The average molecular weight is 260 g/mol. The lowest BCUT2D eigenvalue weighted by atomic mass is 9.86. The molecule has 0 aromatic carbocycles. The Hall–Kier alpha value is -1.05. The standard InChI is InChI=1S/C17H24O2/c1-17(9-3-2-4-10-17)19-16(18)8-7-15-12-13-5-6-14(15)11-13/h5-8,13-15H,2-4,9-12H2,1H3. The van der Waals surface area contributed by atoms with Gasteiger partial charge in [-0.1, -0.05) is 24.6 Å². The maximum Gasteiger partial charge on any atom is 0.330 e. The summed E-state index contributed by atoms with van der Waals surface area (Å²) >= 11 is 0. The second-order valence-corrected chi connectivity index (χ2v) is 6.73. The van der Waals surface area contributed by atoms with Crippen LogP contribution in [0.3, 0.4) is 0 Å². The summed E-state index contributed by atoms with van der Waals surface area (Å²) in [6, 6.07) is 0. The third-order valence-corrected chi connectivity index (χ3v) is 5.07. The van der Waals surface area contributed by atoms with Crippen molar-refractivity contribution in [1.82, 2.24) is 0 Å². The Labute approximate surface area is 115 Å². The molecular weight excluding hydrogens is 236 g/mol. The molecule has 0 aliphatic heterocycles. The van der Waals surface area contributed by atoms with Gasteiger partial charge in [0.15, 0.2) is 0 Å². The van der Waals surface area contributed by atoms with Crippen LogP contribution in [0, 0.1) is 17.8 Å². The Morgan fingerprint density at radius 3 is 2.63 bits per heavy atom. The lowest BCUT2D eigenvalue weighted by molar-refractivity contribution is -0.154. The largest absolute Gasteiger partial charge is 0.456 e. The highest BCUT2D eigenvalue weighted by Gasteiger charge is 2.34. The van der Waals surface area contributed by atoms with Crippen LogP contribution < -0.4 is 0 Å². The van der Waals surface area contributed by atoms with Crippen LogP contribution in [0.5, 0.6) is 0 Å². The number of hydrogen-bond acceptors (Lipinski definition) is 2. The molecule has 3 aliphatic carbocycles. The van der Waals surface area contributed by atoms with Crippen LogP contribution in [-0.4, -0.2) is 11.6 Å². The molecule has 0 saturated heterocycles. The van der Waals surface area contributed by atoms with Crippen LogP contribution in [0.4, 0.5) is 0 Å². The molecule has 3 rings (SSSR count). The van der Waals surface area contributed by atoms with Gasteiger partial charge in [0, 0.05) is 6.08 Å². The predicted octanol–water partition coefficient (Wildman–Crippen LogP) is 4.02. The number of carbonyl (C=O) groups excluding carboxylic acids is 1. The molecule has 0 amide bonds. The first kappa shape index (κ1) is 13.0. The van der Waals surface area contributed by atoms with Crippen molar-refractivity contribution in [1.29, 1.82) is 0 Å². The van der Waals surface area contributed by atoms with E-state index in [0.717, 1.165) is 18.8 Å². The minimum absolute atomic E-state index is 0.142. The Morgan fingerprint density at radius 1 is 1.21 bits per heavy atom. The first-order valence-corrected chi connectivity index (χ1v) is 7.74. The molecule has 104 valence electrons. The number of fused-ring (bicyclic) bond motifs is 2. The van der Waals surface area contributed by atoms with Crippen molar-refractivity contribution in [2.75, 3.05) is 0 Å². The van der Waals surface area contributed by atoms with E-state index >= 15 is 0 Å². The van der Waals surface area contributed by atoms with Crippen LogP contribution in [0.1, 0.15) is 51.9 Å². The van der Waals surface area contributed by atoms with Crippen molar-refractivity contribution >= 4 is 5.97 Å². The predicted molar refractivity (Wildman–Crippen MR) is 75.6 cm³/mol. The van der Waals surface area contributed by atoms with Gasteiger partial charge in [0.1, 0.15) is 5.60 Å². The molecule has 2 fully saturated rings. The molecule has 0 aromatic rings.